The first kappa shape index (κ1) is 19.6. The highest BCUT2D eigenvalue weighted by atomic mass is 19.3. The second-order valence-corrected chi connectivity index (χ2v) is 6.13. The van der Waals surface area contributed by atoms with Gasteiger partial charge in [0, 0.05) is 19.5 Å². The number of ketones is 1. The number of alkyl halides is 2. The molecule has 0 aliphatic heterocycles. The Kier molecular flexibility index (Phi) is 5.50. The van der Waals surface area contributed by atoms with Gasteiger partial charge < -0.3 is 0 Å². The average molecular weight is 365 g/mol. The first-order valence-electron chi connectivity index (χ1n) is 8.00. The molecular weight excluding hydrogens is 344 g/mol. The predicted octanol–water partition coefficient (Wildman–Crippen LogP) is 1.85. The van der Waals surface area contributed by atoms with E-state index in [1.807, 2.05) is 0 Å². The number of nitrogens with two attached hydrogens (primary N) is 1. The zero-order valence-electron chi connectivity index (χ0n) is 15.0. The molecule has 1 atom stereocenters. The molecule has 7 nitrogen and oxygen atoms in total. The van der Waals surface area contributed by atoms with Crippen LogP contribution in [0, 0.1) is 6.92 Å². The van der Waals surface area contributed by atoms with Gasteiger partial charge in [-0.25, -0.2) is 0 Å². The number of carbonyl (C=O) groups excluding carboxylic acids is 2. The van der Waals surface area contributed by atoms with Crippen molar-refractivity contribution in [1.29, 1.82) is 0 Å². The van der Waals surface area contributed by atoms with Gasteiger partial charge in [0.15, 0.2) is 5.78 Å². The molecule has 2 aromatic heterocycles. The summed E-state index contributed by atoms with van der Waals surface area (Å²) in [4.78, 5) is 28.1. The Balaban J connectivity index is 2.40. The number of rotatable bonds is 5. The van der Waals surface area contributed by atoms with Gasteiger partial charge in [0.1, 0.15) is 11.2 Å². The number of nitrogens with zero attached hydrogens (tertiary/aromatic N) is 4. The van der Waals surface area contributed by atoms with Gasteiger partial charge in [-0.1, -0.05) is 6.07 Å². The molecule has 0 saturated carbocycles. The Morgan fingerprint density at radius 2 is 2.00 bits per heavy atom. The van der Waals surface area contributed by atoms with Crippen molar-refractivity contribution in [3.8, 4) is 0 Å². The first-order valence-corrected chi connectivity index (χ1v) is 8.00. The van der Waals surface area contributed by atoms with Gasteiger partial charge in [0.25, 0.3) is 0 Å². The maximum atomic E-state index is 13.2. The molecule has 0 spiro atoms. The topological polar surface area (TPSA) is 95.3 Å². The van der Waals surface area contributed by atoms with Crippen LogP contribution in [-0.2, 0) is 12.6 Å². The van der Waals surface area contributed by atoms with E-state index in [1.54, 1.807) is 32.0 Å². The van der Waals surface area contributed by atoms with Gasteiger partial charge in [-0.15, -0.1) is 0 Å². The van der Waals surface area contributed by atoms with Crippen molar-refractivity contribution in [3.63, 3.8) is 0 Å². The van der Waals surface area contributed by atoms with E-state index in [2.05, 4.69) is 10.1 Å². The summed E-state index contributed by atoms with van der Waals surface area (Å²) < 4.78 is 29.0. The highest BCUT2D eigenvalue weighted by Gasteiger charge is 2.29. The van der Waals surface area contributed by atoms with E-state index in [4.69, 9.17) is 5.73 Å². The third-order valence-electron chi connectivity index (χ3n) is 3.76. The maximum Gasteiger partial charge on any atom is 0.345 e. The van der Waals surface area contributed by atoms with Crippen LogP contribution in [0.2, 0.25) is 0 Å². The van der Waals surface area contributed by atoms with E-state index >= 15 is 0 Å². The Morgan fingerprint density at radius 3 is 2.50 bits per heavy atom. The predicted molar refractivity (Wildman–Crippen MR) is 90.8 cm³/mol. The Morgan fingerprint density at radius 1 is 1.35 bits per heavy atom. The van der Waals surface area contributed by atoms with Crippen LogP contribution in [0.25, 0.3) is 0 Å². The summed E-state index contributed by atoms with van der Waals surface area (Å²) in [7, 11) is 0. The van der Waals surface area contributed by atoms with Crippen molar-refractivity contribution in [2.24, 2.45) is 10.7 Å². The van der Waals surface area contributed by atoms with E-state index in [-0.39, 0.29) is 30.0 Å². The molecule has 0 unspecified atom stereocenters. The molecule has 9 heteroatoms. The summed E-state index contributed by atoms with van der Waals surface area (Å²) in [5.41, 5.74) is 5.33. The van der Waals surface area contributed by atoms with Crippen molar-refractivity contribution < 1.29 is 18.4 Å². The monoisotopic (exact) mass is 365 g/mol. The normalized spacial score (nSPS) is 13.7. The third-order valence-corrected chi connectivity index (χ3v) is 3.76. The zero-order valence-corrected chi connectivity index (χ0v) is 15.0. The number of pyridine rings is 1. The lowest BCUT2D eigenvalue weighted by atomic mass is 10.2. The average Bonchev–Trinajstić information content (AvgIpc) is 2.87. The number of aromatic nitrogens is 3. The first-order chi connectivity index (χ1) is 12.0. The van der Waals surface area contributed by atoms with Gasteiger partial charge in [-0.2, -0.15) is 13.9 Å². The zero-order chi connectivity index (χ0) is 19.6. The summed E-state index contributed by atoms with van der Waals surface area (Å²) in [6, 6.07) is 2.11. The number of hydrogen-bond donors (Lipinski definition) is 1. The molecule has 0 bridgehead atoms. The number of aryl methyl sites for hydroxylation is 1. The minimum Gasteiger partial charge on any atom is -0.293 e. The van der Waals surface area contributed by atoms with Crippen molar-refractivity contribution >= 4 is 11.7 Å². The molecule has 26 heavy (non-hydrogen) atoms. The van der Waals surface area contributed by atoms with Crippen molar-refractivity contribution in [1.82, 2.24) is 14.3 Å². The minimum atomic E-state index is -3.51. The summed E-state index contributed by atoms with van der Waals surface area (Å²) in [6.45, 7) is 6.31. The third kappa shape index (κ3) is 4.29. The van der Waals surface area contributed by atoms with Gasteiger partial charge in [-0.05, 0) is 32.0 Å². The Labute approximate surface area is 149 Å². The SMILES string of the molecule is CC(=O)c1cccc(=N[C@@H](C)Cn2nc(C(N)(F)F)cc2C)n1C(C)=O. The molecule has 0 aromatic carbocycles. The van der Waals surface area contributed by atoms with Crippen LogP contribution in [0.5, 0.6) is 0 Å². The smallest absolute Gasteiger partial charge is 0.293 e. The lowest BCUT2D eigenvalue weighted by Crippen LogP contribution is -2.31. The van der Waals surface area contributed by atoms with Crippen molar-refractivity contribution in [2.45, 2.75) is 46.3 Å². The maximum absolute atomic E-state index is 13.2. The van der Waals surface area contributed by atoms with Gasteiger partial charge >= 0.3 is 6.05 Å². The van der Waals surface area contributed by atoms with Gasteiger partial charge in [0.05, 0.1) is 18.3 Å². The van der Waals surface area contributed by atoms with Gasteiger partial charge in [-0.3, -0.25) is 29.6 Å². The molecule has 0 amide bonds. The molecule has 0 saturated heterocycles. The fourth-order valence-electron chi connectivity index (χ4n) is 2.58. The fourth-order valence-corrected chi connectivity index (χ4v) is 2.58. The summed E-state index contributed by atoms with van der Waals surface area (Å²) >= 11 is 0. The molecule has 140 valence electrons. The van der Waals surface area contributed by atoms with Crippen LogP contribution in [0.3, 0.4) is 0 Å². The number of carbonyl (C=O) groups is 2. The van der Waals surface area contributed by atoms with Crippen molar-refractivity contribution in [3.05, 3.63) is 46.8 Å². The molecule has 0 aliphatic carbocycles. The minimum absolute atomic E-state index is 0.212. The second kappa shape index (κ2) is 7.28. The van der Waals surface area contributed by atoms with Crippen LogP contribution >= 0.6 is 0 Å². The Hall–Kier alpha value is -2.68. The largest absolute Gasteiger partial charge is 0.345 e. The van der Waals surface area contributed by atoms with E-state index in [1.165, 1.54) is 29.2 Å². The standard InChI is InChI=1S/C17H21F2N5O2/c1-10(9-23-11(2)8-15(22-23)17(18,19)20)21-16-7-5-6-14(12(3)25)24(16)13(4)26/h5-8,10H,9,20H2,1-4H3/t10-/m0/s1. The van der Waals surface area contributed by atoms with Crippen LogP contribution in [0.15, 0.2) is 29.3 Å². The number of Topliss-reactive ketones (excluding diaryl/α,β-unsaturated/α-hetero) is 1. The van der Waals surface area contributed by atoms with E-state index in [9.17, 15) is 18.4 Å². The molecule has 2 heterocycles. The van der Waals surface area contributed by atoms with Crippen LogP contribution in [0.1, 0.15) is 47.4 Å². The highest BCUT2D eigenvalue weighted by Crippen LogP contribution is 2.20. The van der Waals surface area contributed by atoms with E-state index < -0.39 is 11.7 Å². The highest BCUT2D eigenvalue weighted by molar-refractivity contribution is 5.96. The molecule has 0 radical (unpaired) electrons. The number of halogens is 2. The molecule has 0 fully saturated rings. The van der Waals surface area contributed by atoms with E-state index in [0.29, 0.717) is 11.2 Å². The molecule has 2 aromatic rings. The van der Waals surface area contributed by atoms with Crippen LogP contribution in [-0.4, -0.2) is 32.1 Å². The lowest BCUT2D eigenvalue weighted by molar-refractivity contribution is -0.00232. The Bertz CT molecular complexity index is 909. The van der Waals surface area contributed by atoms with Crippen LogP contribution < -0.4 is 11.2 Å². The molecule has 0 aliphatic rings. The summed E-state index contributed by atoms with van der Waals surface area (Å²) in [5, 5.41) is 3.82. The summed E-state index contributed by atoms with van der Waals surface area (Å²) in [5.74, 6) is -0.607. The molecular formula is C17H21F2N5O2. The fraction of sp³-hybridized carbons (Fsp3) is 0.412. The van der Waals surface area contributed by atoms with Gasteiger partial charge in [0.2, 0.25) is 5.91 Å². The van der Waals surface area contributed by atoms with E-state index in [0.717, 1.165) is 0 Å². The van der Waals surface area contributed by atoms with Crippen LogP contribution in [0.4, 0.5) is 8.78 Å². The summed E-state index contributed by atoms with van der Waals surface area (Å²) in [6.07, 6.45) is 0. The molecule has 2 rings (SSSR count). The van der Waals surface area contributed by atoms with Crippen molar-refractivity contribution in [2.75, 3.05) is 0 Å². The second-order valence-electron chi connectivity index (χ2n) is 6.13. The lowest BCUT2D eigenvalue weighted by Gasteiger charge is -2.12. The molecule has 2 N–H and O–H groups in total. The number of hydrogen-bond acceptors (Lipinski definition) is 5. The quantitative estimate of drug-likeness (QED) is 0.646.